The largest absolute Gasteiger partial charge is 0.455 e. The molecular weight excluding hydrogens is 392 g/mol. The van der Waals surface area contributed by atoms with E-state index in [1.165, 1.54) is 7.11 Å². The maximum absolute atomic E-state index is 13.2. The summed E-state index contributed by atoms with van der Waals surface area (Å²) < 4.78 is 24.0. The Kier molecular flexibility index (Phi) is 6.35. The summed E-state index contributed by atoms with van der Waals surface area (Å²) in [6.45, 7) is 9.77. The first-order valence-electron chi connectivity index (χ1n) is 10.9. The van der Waals surface area contributed by atoms with Crippen molar-refractivity contribution in [2.75, 3.05) is 26.9 Å². The molecule has 174 valence electrons. The van der Waals surface area contributed by atoms with Crippen LogP contribution in [0.3, 0.4) is 0 Å². The monoisotopic (exact) mass is 430 g/mol. The molecule has 8 heteroatoms. The Morgan fingerprint density at radius 2 is 1.90 bits per heavy atom. The molecule has 30 heavy (non-hydrogen) atoms. The average Bonchev–Trinajstić information content (AvgIpc) is 3.11. The second kappa shape index (κ2) is 7.98. The summed E-state index contributed by atoms with van der Waals surface area (Å²) in [5, 5.41) is 30.1. The molecule has 0 amide bonds. The molecule has 0 radical (unpaired) electrons. The van der Waals surface area contributed by atoms with Gasteiger partial charge in [0, 0.05) is 31.7 Å². The van der Waals surface area contributed by atoms with Crippen LogP contribution in [-0.2, 0) is 23.7 Å². The molecule has 0 spiro atoms. The van der Waals surface area contributed by atoms with E-state index in [9.17, 15) is 20.1 Å². The first kappa shape index (κ1) is 23.9. The van der Waals surface area contributed by atoms with Gasteiger partial charge in [-0.3, -0.25) is 4.79 Å². The predicted octanol–water partition coefficient (Wildman–Crippen LogP) is 1.24. The predicted molar refractivity (Wildman–Crippen MR) is 107 cm³/mol. The fourth-order valence-corrected chi connectivity index (χ4v) is 6.29. The molecule has 2 heterocycles. The maximum Gasteiger partial charge on any atom is 0.312 e. The van der Waals surface area contributed by atoms with Crippen LogP contribution in [0.2, 0.25) is 0 Å². The molecule has 0 bridgehead atoms. The first-order valence-corrected chi connectivity index (χ1v) is 10.9. The summed E-state index contributed by atoms with van der Waals surface area (Å²) in [7, 11) is 1.46. The highest BCUT2D eigenvalue weighted by Gasteiger charge is 2.81. The van der Waals surface area contributed by atoms with Gasteiger partial charge in [0.2, 0.25) is 0 Å². The number of fused-ring (bicyclic) bond motifs is 1. The van der Waals surface area contributed by atoms with E-state index < -0.39 is 46.5 Å². The van der Waals surface area contributed by atoms with Crippen molar-refractivity contribution in [3.8, 4) is 0 Å². The van der Waals surface area contributed by atoms with Crippen molar-refractivity contribution in [2.45, 2.75) is 83.1 Å². The van der Waals surface area contributed by atoms with Crippen LogP contribution in [0.15, 0.2) is 0 Å². The summed E-state index contributed by atoms with van der Waals surface area (Å²) in [6.07, 6.45) is -0.399. The van der Waals surface area contributed by atoms with Crippen molar-refractivity contribution in [1.82, 2.24) is 0 Å². The molecule has 3 aliphatic rings. The Morgan fingerprint density at radius 1 is 1.23 bits per heavy atom. The van der Waals surface area contributed by atoms with Crippen LogP contribution in [0.1, 0.15) is 53.9 Å². The smallest absolute Gasteiger partial charge is 0.312 e. The van der Waals surface area contributed by atoms with Crippen LogP contribution >= 0.6 is 0 Å². The lowest BCUT2D eigenvalue weighted by Gasteiger charge is -2.64. The number of aliphatic hydroxyl groups excluding tert-OH is 3. The third-order valence-electron chi connectivity index (χ3n) is 7.45. The standard InChI is InChI=1S/C22H38O8/c1-13(11-24)9-21(12-28-20(4,5)30-21)22-14(10-19(22,2)3)16(18(26)29-22)17(25)15(27-6)7-8-23/h13-17,23-25H,7-12H2,1-6H3/t13-,14-,15-,16+,17+,21?,22+/m0/s1. The normalized spacial score (nSPS) is 39.7. The molecule has 2 aliphatic heterocycles. The molecule has 8 nitrogen and oxygen atoms in total. The minimum absolute atomic E-state index is 0.0189. The Hall–Kier alpha value is -0.770. The second-order valence-corrected chi connectivity index (χ2v) is 10.4. The van der Waals surface area contributed by atoms with Gasteiger partial charge in [-0.1, -0.05) is 20.8 Å². The van der Waals surface area contributed by atoms with Gasteiger partial charge in [0.05, 0.1) is 24.7 Å². The third-order valence-corrected chi connectivity index (χ3v) is 7.45. The van der Waals surface area contributed by atoms with Crippen molar-refractivity contribution in [3.63, 3.8) is 0 Å². The van der Waals surface area contributed by atoms with E-state index in [1.54, 1.807) is 0 Å². The Balaban J connectivity index is 2.03. The number of esters is 1. The summed E-state index contributed by atoms with van der Waals surface area (Å²) in [5.74, 6) is -2.46. The number of carbonyl (C=O) groups is 1. The van der Waals surface area contributed by atoms with Gasteiger partial charge in [-0.2, -0.15) is 0 Å². The molecular formula is C22H38O8. The number of hydrogen-bond donors (Lipinski definition) is 3. The summed E-state index contributed by atoms with van der Waals surface area (Å²) in [5.41, 5.74) is -2.33. The quantitative estimate of drug-likeness (QED) is 0.468. The van der Waals surface area contributed by atoms with Crippen LogP contribution in [0.25, 0.3) is 0 Å². The Labute approximate surface area is 178 Å². The SMILES string of the molecule is CO[C@@H](CCO)[C@@H](O)[C@@H]1C(=O)O[C@]2(C3(C[C@H](C)CO)COC(C)(C)O3)[C@H]1CC2(C)C. The zero-order valence-electron chi connectivity index (χ0n) is 19.0. The number of ether oxygens (including phenoxy) is 4. The highest BCUT2D eigenvalue weighted by molar-refractivity contribution is 5.78. The summed E-state index contributed by atoms with van der Waals surface area (Å²) in [6, 6.07) is 0. The maximum atomic E-state index is 13.2. The molecule has 1 aliphatic carbocycles. The van der Waals surface area contributed by atoms with Crippen molar-refractivity contribution in [3.05, 3.63) is 0 Å². The highest BCUT2D eigenvalue weighted by atomic mass is 16.8. The van der Waals surface area contributed by atoms with E-state index in [-0.39, 0.29) is 38.1 Å². The lowest BCUT2D eigenvalue weighted by molar-refractivity contribution is -0.302. The van der Waals surface area contributed by atoms with E-state index in [0.29, 0.717) is 12.8 Å². The van der Waals surface area contributed by atoms with Gasteiger partial charge in [0.15, 0.2) is 11.4 Å². The topological polar surface area (TPSA) is 115 Å². The molecule has 2 saturated heterocycles. The lowest BCUT2D eigenvalue weighted by atomic mass is 9.44. The van der Waals surface area contributed by atoms with Gasteiger partial charge in [0.25, 0.3) is 0 Å². The van der Waals surface area contributed by atoms with Crippen LogP contribution in [0.5, 0.6) is 0 Å². The minimum Gasteiger partial charge on any atom is -0.455 e. The van der Waals surface area contributed by atoms with Crippen LogP contribution in [0, 0.1) is 23.2 Å². The van der Waals surface area contributed by atoms with Crippen molar-refractivity contribution in [1.29, 1.82) is 0 Å². The number of hydrogen-bond acceptors (Lipinski definition) is 8. The first-order chi connectivity index (χ1) is 13.9. The van der Waals surface area contributed by atoms with Crippen molar-refractivity contribution in [2.24, 2.45) is 23.2 Å². The molecule has 0 aromatic rings. The van der Waals surface area contributed by atoms with Crippen LogP contribution in [0.4, 0.5) is 0 Å². The van der Waals surface area contributed by atoms with Gasteiger partial charge in [0.1, 0.15) is 5.60 Å². The Bertz CT molecular complexity index is 649. The van der Waals surface area contributed by atoms with Crippen molar-refractivity contribution >= 4 is 5.97 Å². The van der Waals surface area contributed by atoms with E-state index in [4.69, 9.17) is 18.9 Å². The molecule has 1 saturated carbocycles. The molecule has 0 aromatic carbocycles. The van der Waals surface area contributed by atoms with E-state index >= 15 is 0 Å². The van der Waals surface area contributed by atoms with E-state index in [0.717, 1.165) is 0 Å². The summed E-state index contributed by atoms with van der Waals surface area (Å²) in [4.78, 5) is 13.2. The number of aliphatic hydroxyl groups is 3. The minimum atomic E-state index is -1.10. The fourth-order valence-electron chi connectivity index (χ4n) is 6.29. The number of rotatable bonds is 9. The van der Waals surface area contributed by atoms with Gasteiger partial charge in [-0.15, -0.1) is 0 Å². The zero-order valence-corrected chi connectivity index (χ0v) is 19.0. The van der Waals surface area contributed by atoms with Gasteiger partial charge in [-0.25, -0.2) is 0 Å². The van der Waals surface area contributed by atoms with Crippen molar-refractivity contribution < 1.29 is 39.1 Å². The van der Waals surface area contributed by atoms with Crippen LogP contribution < -0.4 is 0 Å². The zero-order chi connectivity index (χ0) is 22.5. The number of carbonyl (C=O) groups excluding carboxylic acids is 1. The van der Waals surface area contributed by atoms with Gasteiger partial charge in [-0.05, 0) is 39.0 Å². The Morgan fingerprint density at radius 3 is 2.37 bits per heavy atom. The van der Waals surface area contributed by atoms with Gasteiger partial charge >= 0.3 is 5.97 Å². The molecule has 3 fully saturated rings. The third kappa shape index (κ3) is 3.40. The molecule has 7 atom stereocenters. The lowest BCUT2D eigenvalue weighted by Crippen LogP contribution is -2.75. The summed E-state index contributed by atoms with van der Waals surface area (Å²) >= 11 is 0. The highest BCUT2D eigenvalue weighted by Crippen LogP contribution is 2.70. The second-order valence-electron chi connectivity index (χ2n) is 10.4. The molecule has 0 aromatic heterocycles. The number of methoxy groups -OCH3 is 1. The van der Waals surface area contributed by atoms with E-state index in [1.807, 2.05) is 34.6 Å². The average molecular weight is 431 g/mol. The molecule has 3 rings (SSSR count). The van der Waals surface area contributed by atoms with E-state index in [2.05, 4.69) is 0 Å². The fraction of sp³-hybridized carbons (Fsp3) is 0.955. The molecule has 3 N–H and O–H groups in total. The molecule has 1 unspecified atom stereocenters. The van der Waals surface area contributed by atoms with Gasteiger partial charge < -0.3 is 34.3 Å². The van der Waals surface area contributed by atoms with Crippen LogP contribution in [-0.4, -0.2) is 77.4 Å².